The van der Waals surface area contributed by atoms with Gasteiger partial charge in [-0.15, -0.1) is 0 Å². The minimum Gasteiger partial charge on any atom is -0.410 e. The van der Waals surface area contributed by atoms with Gasteiger partial charge in [-0.3, -0.25) is 0 Å². The fourth-order valence-electron chi connectivity index (χ4n) is 5.17. The molecule has 9 heteroatoms. The third-order valence-corrected chi connectivity index (χ3v) is 13.4. The van der Waals surface area contributed by atoms with Crippen LogP contribution >= 0.6 is 0 Å². The Morgan fingerprint density at radius 2 is 1.49 bits per heavy atom. The van der Waals surface area contributed by atoms with Gasteiger partial charge in [0.05, 0.1) is 17.9 Å². The third kappa shape index (κ3) is 8.29. The smallest absolute Gasteiger partial charge is 0.192 e. The van der Waals surface area contributed by atoms with Gasteiger partial charge in [0.15, 0.2) is 8.32 Å². The average Bonchev–Trinajstić information content (AvgIpc) is 3.78. The van der Waals surface area contributed by atoms with E-state index in [1.807, 2.05) is 4.90 Å². The lowest BCUT2D eigenvalue weighted by Crippen LogP contribution is -2.44. The van der Waals surface area contributed by atoms with E-state index in [4.69, 9.17) is 4.43 Å². The van der Waals surface area contributed by atoms with E-state index >= 15 is 0 Å². The Balaban J connectivity index is 0.000000201. The van der Waals surface area contributed by atoms with Gasteiger partial charge in [-0.25, -0.2) is 8.78 Å². The number of hydrogen-bond acceptors (Lipinski definition) is 6. The monoisotopic (exact) mass is 588 g/mol. The van der Waals surface area contributed by atoms with Crippen molar-refractivity contribution in [2.75, 3.05) is 62.2 Å². The van der Waals surface area contributed by atoms with Crippen molar-refractivity contribution in [2.24, 2.45) is 5.92 Å². The number of hydrogen-bond donors (Lipinski definition) is 3. The molecule has 3 N–H and O–H groups in total. The summed E-state index contributed by atoms with van der Waals surface area (Å²) in [6.07, 6.45) is 1.99. The van der Waals surface area contributed by atoms with E-state index in [1.54, 1.807) is 0 Å². The molecule has 0 bridgehead atoms. The highest BCUT2D eigenvalue weighted by molar-refractivity contribution is 6.74. The van der Waals surface area contributed by atoms with Crippen molar-refractivity contribution >= 4 is 19.7 Å². The summed E-state index contributed by atoms with van der Waals surface area (Å²) in [4.78, 5) is 4.35. The largest absolute Gasteiger partial charge is 0.410 e. The number of piperazine rings is 2. The lowest BCUT2D eigenvalue weighted by atomic mass is 10.0. The lowest BCUT2D eigenvalue weighted by Gasteiger charge is -2.40. The van der Waals surface area contributed by atoms with Gasteiger partial charge in [0.25, 0.3) is 0 Å². The van der Waals surface area contributed by atoms with Crippen LogP contribution in [0.2, 0.25) is 18.1 Å². The summed E-state index contributed by atoms with van der Waals surface area (Å²) < 4.78 is 34.0. The maximum atomic E-state index is 13.7. The van der Waals surface area contributed by atoms with E-state index in [1.165, 1.54) is 37.1 Å². The highest BCUT2D eigenvalue weighted by Crippen LogP contribution is 2.48. The fourth-order valence-corrected chi connectivity index (χ4v) is 6.49. The molecule has 1 saturated carbocycles. The molecular weight excluding hydrogens is 538 g/mol. The van der Waals surface area contributed by atoms with E-state index in [0.29, 0.717) is 18.8 Å². The zero-order valence-electron chi connectivity index (χ0n) is 25.8. The Hall–Kier alpha value is -2.04. The van der Waals surface area contributed by atoms with Gasteiger partial charge in [-0.2, -0.15) is 0 Å². The first-order valence-electron chi connectivity index (χ1n) is 15.2. The molecule has 3 aliphatic rings. The summed E-state index contributed by atoms with van der Waals surface area (Å²) in [6.45, 7) is 20.5. The van der Waals surface area contributed by atoms with Gasteiger partial charge >= 0.3 is 0 Å². The summed E-state index contributed by atoms with van der Waals surface area (Å²) in [5.41, 5.74) is 3.25. The number of nitrogens with one attached hydrogen (secondary N) is 2. The van der Waals surface area contributed by atoms with Crippen LogP contribution in [-0.4, -0.2) is 65.8 Å². The fraction of sp³-hybridized carbons (Fsp3) is 0.625. The Kier molecular flexibility index (Phi) is 10.5. The normalized spacial score (nSPS) is 19.8. The SMILES string of the molecule is CC(C)(C)[Si](C)(C)OC(c1cccc(N2CCNCC2)c1)C1CC1.CC(O)c1cc(N2CCNCC2)c(F)cc1F. The Bertz CT molecular complexity index is 1140. The molecule has 0 spiro atoms. The summed E-state index contributed by atoms with van der Waals surface area (Å²) in [5, 5.41) is 16.3. The van der Waals surface area contributed by atoms with Crippen LogP contribution in [0.15, 0.2) is 36.4 Å². The molecule has 2 unspecified atom stereocenters. The van der Waals surface area contributed by atoms with Crippen LogP contribution in [0.3, 0.4) is 0 Å². The van der Waals surface area contributed by atoms with Crippen molar-refractivity contribution in [3.05, 3.63) is 59.2 Å². The average molecular weight is 589 g/mol. The third-order valence-electron chi connectivity index (χ3n) is 8.93. The minimum absolute atomic E-state index is 0.139. The summed E-state index contributed by atoms with van der Waals surface area (Å²) in [7, 11) is -1.75. The molecule has 6 nitrogen and oxygen atoms in total. The second-order valence-corrected chi connectivity index (χ2v) is 18.0. The van der Waals surface area contributed by atoms with Crippen LogP contribution in [0, 0.1) is 17.6 Å². The van der Waals surface area contributed by atoms with Crippen LogP contribution < -0.4 is 20.4 Å². The highest BCUT2D eigenvalue weighted by atomic mass is 28.4. The molecule has 1 aliphatic carbocycles. The number of rotatable bonds is 7. The van der Waals surface area contributed by atoms with E-state index in [0.717, 1.165) is 51.3 Å². The Labute approximate surface area is 246 Å². The zero-order chi connectivity index (χ0) is 29.8. The number of anilines is 2. The number of aliphatic hydroxyl groups excluding tert-OH is 1. The Morgan fingerprint density at radius 3 is 2.02 bits per heavy atom. The Morgan fingerprint density at radius 1 is 0.902 bits per heavy atom. The van der Waals surface area contributed by atoms with Crippen molar-refractivity contribution < 1.29 is 18.3 Å². The van der Waals surface area contributed by atoms with Crippen molar-refractivity contribution in [1.29, 1.82) is 0 Å². The van der Waals surface area contributed by atoms with Gasteiger partial charge in [-0.05, 0) is 67.6 Å². The zero-order valence-corrected chi connectivity index (χ0v) is 26.8. The van der Waals surface area contributed by atoms with Crippen LogP contribution in [0.25, 0.3) is 0 Å². The second kappa shape index (κ2) is 13.5. The van der Waals surface area contributed by atoms with E-state index in [9.17, 15) is 13.9 Å². The molecule has 2 saturated heterocycles. The van der Waals surface area contributed by atoms with E-state index in [-0.39, 0.29) is 16.7 Å². The summed E-state index contributed by atoms with van der Waals surface area (Å²) in [5.74, 6) is -0.553. The molecule has 2 atom stereocenters. The maximum Gasteiger partial charge on any atom is 0.192 e. The first-order valence-corrected chi connectivity index (χ1v) is 18.1. The second-order valence-electron chi connectivity index (χ2n) is 13.2. The van der Waals surface area contributed by atoms with Crippen molar-refractivity contribution in [2.45, 2.75) is 70.9 Å². The maximum absolute atomic E-state index is 13.7. The number of nitrogens with zero attached hydrogens (tertiary/aromatic N) is 2. The standard InChI is InChI=1S/C20H34N2OSi.C12H16F2N2O/c1-20(2,3)24(4,5)23-19(16-9-10-16)17-7-6-8-18(15-17)22-13-11-21-12-14-22;1-8(17)9-6-12(11(14)7-10(9)13)16-4-2-15-3-5-16/h6-8,15-16,19,21H,9-14H2,1-5H3;6-8,15,17H,2-5H2,1H3. The topological polar surface area (TPSA) is 60.0 Å². The van der Waals surface area contributed by atoms with Crippen molar-refractivity contribution in [1.82, 2.24) is 10.6 Å². The van der Waals surface area contributed by atoms with Crippen LogP contribution in [-0.2, 0) is 4.43 Å². The van der Waals surface area contributed by atoms with E-state index < -0.39 is 26.1 Å². The molecular formula is C32H50F2N4O2Si. The van der Waals surface area contributed by atoms with E-state index in [2.05, 4.69) is 73.7 Å². The van der Waals surface area contributed by atoms with Crippen LogP contribution in [0.1, 0.15) is 63.9 Å². The van der Waals surface area contributed by atoms with Gasteiger partial charge < -0.3 is 30.0 Å². The molecule has 0 aromatic heterocycles. The minimum atomic E-state index is -1.75. The van der Waals surface area contributed by atoms with Crippen molar-refractivity contribution in [3.63, 3.8) is 0 Å². The molecule has 41 heavy (non-hydrogen) atoms. The highest BCUT2D eigenvalue weighted by Gasteiger charge is 2.43. The molecule has 2 aromatic rings. The first kappa shape index (κ1) is 31.9. The van der Waals surface area contributed by atoms with Crippen LogP contribution in [0.4, 0.5) is 20.2 Å². The molecule has 2 aliphatic heterocycles. The van der Waals surface area contributed by atoms with Gasteiger partial charge in [0.2, 0.25) is 0 Å². The predicted molar refractivity (Wildman–Crippen MR) is 167 cm³/mol. The molecule has 2 heterocycles. The lowest BCUT2D eigenvalue weighted by molar-refractivity contribution is 0.161. The molecule has 3 fully saturated rings. The van der Waals surface area contributed by atoms with Crippen LogP contribution in [0.5, 0.6) is 0 Å². The first-order chi connectivity index (χ1) is 19.4. The molecule has 2 aromatic carbocycles. The molecule has 228 valence electrons. The predicted octanol–water partition coefficient (Wildman–Crippen LogP) is 6.00. The van der Waals surface area contributed by atoms with Gasteiger partial charge in [-0.1, -0.05) is 32.9 Å². The van der Waals surface area contributed by atoms with Gasteiger partial charge in [0.1, 0.15) is 11.6 Å². The molecule has 0 radical (unpaired) electrons. The van der Waals surface area contributed by atoms with Crippen molar-refractivity contribution in [3.8, 4) is 0 Å². The quantitative estimate of drug-likeness (QED) is 0.345. The van der Waals surface area contributed by atoms with Gasteiger partial charge in [0, 0.05) is 69.7 Å². The molecule has 0 amide bonds. The molecule has 5 rings (SSSR count). The summed E-state index contributed by atoms with van der Waals surface area (Å²) in [6, 6.07) is 11.4. The number of halogens is 2. The summed E-state index contributed by atoms with van der Waals surface area (Å²) >= 11 is 0. The number of aliphatic hydroxyl groups is 1. The number of benzene rings is 2.